The van der Waals surface area contributed by atoms with Crippen molar-refractivity contribution in [2.45, 2.75) is 33.1 Å². The number of halogens is 1. The largest absolute Gasteiger partial charge is 0.370 e. The standard InChI is InChI=1S/C16H24N4S.HI/c1-12(2)9-11-19-16(17)18-10-5-8-15-20-13-6-3-4-7-14(13)21-15;/h3-4,6-7,12H,5,8-11H2,1-2H3,(H3,17,18,19);1H. The van der Waals surface area contributed by atoms with Crippen molar-refractivity contribution in [3.8, 4) is 0 Å². The maximum absolute atomic E-state index is 5.83. The first-order chi connectivity index (χ1) is 10.1. The van der Waals surface area contributed by atoms with E-state index in [1.165, 1.54) is 9.71 Å². The highest BCUT2D eigenvalue weighted by Gasteiger charge is 2.02. The SMILES string of the molecule is CC(C)CCNC(N)=NCCCc1nc2ccccc2s1.I. The number of nitrogens with one attached hydrogen (secondary N) is 1. The molecule has 0 bridgehead atoms. The Balaban J connectivity index is 0.00000242. The Morgan fingerprint density at radius 3 is 2.86 bits per heavy atom. The number of hydrogen-bond donors (Lipinski definition) is 2. The fourth-order valence-electron chi connectivity index (χ4n) is 2.00. The number of aliphatic imine (C=N–C) groups is 1. The Morgan fingerprint density at radius 2 is 2.14 bits per heavy atom. The number of para-hydroxylation sites is 1. The zero-order chi connectivity index (χ0) is 15.1. The van der Waals surface area contributed by atoms with Crippen LogP contribution in [0.1, 0.15) is 31.7 Å². The van der Waals surface area contributed by atoms with Gasteiger partial charge in [0, 0.05) is 19.5 Å². The number of aromatic nitrogens is 1. The van der Waals surface area contributed by atoms with E-state index >= 15 is 0 Å². The van der Waals surface area contributed by atoms with Gasteiger partial charge in [0.2, 0.25) is 0 Å². The van der Waals surface area contributed by atoms with Crippen molar-refractivity contribution in [3.63, 3.8) is 0 Å². The van der Waals surface area contributed by atoms with Gasteiger partial charge in [0.25, 0.3) is 0 Å². The van der Waals surface area contributed by atoms with E-state index in [4.69, 9.17) is 5.73 Å². The maximum Gasteiger partial charge on any atom is 0.188 e. The summed E-state index contributed by atoms with van der Waals surface area (Å²) in [5.74, 6) is 1.24. The Kier molecular flexibility index (Phi) is 8.70. The van der Waals surface area contributed by atoms with Crippen LogP contribution < -0.4 is 11.1 Å². The third kappa shape index (κ3) is 6.48. The van der Waals surface area contributed by atoms with Crippen LogP contribution in [0.2, 0.25) is 0 Å². The molecular formula is C16H25IN4S. The summed E-state index contributed by atoms with van der Waals surface area (Å²) in [5, 5.41) is 4.33. The summed E-state index contributed by atoms with van der Waals surface area (Å²) < 4.78 is 1.26. The molecule has 0 atom stereocenters. The van der Waals surface area contributed by atoms with Crippen molar-refractivity contribution in [2.24, 2.45) is 16.6 Å². The van der Waals surface area contributed by atoms with E-state index < -0.39 is 0 Å². The summed E-state index contributed by atoms with van der Waals surface area (Å²) >= 11 is 1.77. The highest BCUT2D eigenvalue weighted by molar-refractivity contribution is 14.0. The van der Waals surface area contributed by atoms with Crippen molar-refractivity contribution in [3.05, 3.63) is 29.3 Å². The normalized spacial score (nSPS) is 11.7. The quantitative estimate of drug-likeness (QED) is 0.303. The number of nitrogens with zero attached hydrogens (tertiary/aromatic N) is 2. The molecule has 4 nitrogen and oxygen atoms in total. The molecule has 0 fully saturated rings. The van der Waals surface area contributed by atoms with Crippen molar-refractivity contribution < 1.29 is 0 Å². The summed E-state index contributed by atoms with van der Waals surface area (Å²) in [6.07, 6.45) is 3.05. The first-order valence-corrected chi connectivity index (χ1v) is 8.35. The van der Waals surface area contributed by atoms with E-state index in [2.05, 4.69) is 47.3 Å². The maximum atomic E-state index is 5.83. The van der Waals surface area contributed by atoms with Crippen LogP contribution in [0.4, 0.5) is 0 Å². The number of guanidine groups is 1. The Morgan fingerprint density at radius 1 is 1.36 bits per heavy atom. The van der Waals surface area contributed by atoms with Gasteiger partial charge in [-0.1, -0.05) is 26.0 Å². The third-order valence-corrected chi connectivity index (χ3v) is 4.29. The van der Waals surface area contributed by atoms with Crippen LogP contribution in [-0.2, 0) is 6.42 Å². The van der Waals surface area contributed by atoms with E-state index in [1.54, 1.807) is 11.3 Å². The molecule has 22 heavy (non-hydrogen) atoms. The first-order valence-electron chi connectivity index (χ1n) is 7.53. The van der Waals surface area contributed by atoms with Gasteiger partial charge in [0.15, 0.2) is 5.96 Å². The van der Waals surface area contributed by atoms with Crippen molar-refractivity contribution >= 4 is 51.5 Å². The predicted octanol–water partition coefficient (Wildman–Crippen LogP) is 3.80. The van der Waals surface area contributed by atoms with E-state index in [0.717, 1.165) is 37.9 Å². The first kappa shape index (κ1) is 19.2. The van der Waals surface area contributed by atoms with Gasteiger partial charge in [-0.3, -0.25) is 4.99 Å². The molecule has 2 rings (SSSR count). The molecule has 1 aromatic carbocycles. The fourth-order valence-corrected chi connectivity index (χ4v) is 3.01. The summed E-state index contributed by atoms with van der Waals surface area (Å²) in [6, 6.07) is 8.26. The second-order valence-corrected chi connectivity index (χ2v) is 6.67. The molecule has 3 N–H and O–H groups in total. The van der Waals surface area contributed by atoms with E-state index in [-0.39, 0.29) is 24.0 Å². The summed E-state index contributed by atoms with van der Waals surface area (Å²) in [4.78, 5) is 8.97. The van der Waals surface area contributed by atoms with Crippen molar-refractivity contribution in [1.82, 2.24) is 10.3 Å². The molecule has 0 aliphatic rings. The van der Waals surface area contributed by atoms with Crippen molar-refractivity contribution in [1.29, 1.82) is 0 Å². The number of nitrogens with two attached hydrogens (primary N) is 1. The molecule has 1 heterocycles. The van der Waals surface area contributed by atoms with Crippen LogP contribution in [0.5, 0.6) is 0 Å². The average molecular weight is 432 g/mol. The van der Waals surface area contributed by atoms with E-state index in [1.807, 2.05) is 6.07 Å². The van der Waals surface area contributed by atoms with Gasteiger partial charge in [-0.2, -0.15) is 0 Å². The lowest BCUT2D eigenvalue weighted by atomic mass is 10.1. The molecule has 1 aromatic heterocycles. The monoisotopic (exact) mass is 432 g/mol. The van der Waals surface area contributed by atoms with Gasteiger partial charge in [-0.05, 0) is 30.9 Å². The minimum atomic E-state index is 0. The molecular weight excluding hydrogens is 407 g/mol. The lowest BCUT2D eigenvalue weighted by Gasteiger charge is -2.07. The van der Waals surface area contributed by atoms with Gasteiger partial charge in [0.05, 0.1) is 15.2 Å². The molecule has 0 spiro atoms. The summed E-state index contributed by atoms with van der Waals surface area (Å²) in [6.45, 7) is 6.04. The molecule has 122 valence electrons. The number of fused-ring (bicyclic) bond motifs is 1. The Labute approximate surface area is 153 Å². The zero-order valence-corrected chi connectivity index (χ0v) is 16.4. The smallest absolute Gasteiger partial charge is 0.188 e. The average Bonchev–Trinajstić information content (AvgIpc) is 2.86. The molecule has 0 unspecified atom stereocenters. The summed E-state index contributed by atoms with van der Waals surface area (Å²) in [7, 11) is 0. The topological polar surface area (TPSA) is 63.3 Å². The lowest BCUT2D eigenvalue weighted by Crippen LogP contribution is -2.33. The minimum Gasteiger partial charge on any atom is -0.370 e. The number of benzene rings is 1. The summed E-state index contributed by atoms with van der Waals surface area (Å²) in [5.41, 5.74) is 6.92. The van der Waals surface area contributed by atoms with Gasteiger partial charge >= 0.3 is 0 Å². The molecule has 0 saturated carbocycles. The lowest BCUT2D eigenvalue weighted by molar-refractivity contribution is 0.576. The van der Waals surface area contributed by atoms with Crippen molar-refractivity contribution in [2.75, 3.05) is 13.1 Å². The Hall–Kier alpha value is -0.890. The van der Waals surface area contributed by atoms with Crippen LogP contribution in [0.3, 0.4) is 0 Å². The van der Waals surface area contributed by atoms with Gasteiger partial charge in [-0.15, -0.1) is 35.3 Å². The van der Waals surface area contributed by atoms with E-state index in [9.17, 15) is 0 Å². The highest BCUT2D eigenvalue weighted by atomic mass is 127. The number of rotatable bonds is 7. The Bertz CT molecular complexity index is 562. The number of hydrogen-bond acceptors (Lipinski definition) is 3. The predicted molar refractivity (Wildman–Crippen MR) is 107 cm³/mol. The fraction of sp³-hybridized carbons (Fsp3) is 0.500. The van der Waals surface area contributed by atoms with Gasteiger partial charge in [0.1, 0.15) is 0 Å². The van der Waals surface area contributed by atoms with Crippen LogP contribution in [0.25, 0.3) is 10.2 Å². The molecule has 0 amide bonds. The highest BCUT2D eigenvalue weighted by Crippen LogP contribution is 2.22. The third-order valence-electron chi connectivity index (χ3n) is 3.20. The molecule has 2 aromatic rings. The van der Waals surface area contributed by atoms with Gasteiger partial charge in [-0.25, -0.2) is 4.98 Å². The molecule has 0 aliphatic carbocycles. The van der Waals surface area contributed by atoms with Gasteiger partial charge < -0.3 is 11.1 Å². The zero-order valence-electron chi connectivity index (χ0n) is 13.2. The van der Waals surface area contributed by atoms with Crippen LogP contribution >= 0.6 is 35.3 Å². The van der Waals surface area contributed by atoms with Crippen LogP contribution in [0, 0.1) is 5.92 Å². The molecule has 0 aliphatic heterocycles. The molecule has 0 radical (unpaired) electrons. The van der Waals surface area contributed by atoms with E-state index in [0.29, 0.717) is 11.9 Å². The number of aryl methyl sites for hydroxylation is 1. The number of thiazole rings is 1. The molecule has 6 heteroatoms. The second-order valence-electron chi connectivity index (χ2n) is 5.56. The molecule has 0 saturated heterocycles. The second kappa shape index (κ2) is 9.99. The van der Waals surface area contributed by atoms with Crippen LogP contribution in [-0.4, -0.2) is 24.0 Å². The minimum absolute atomic E-state index is 0. The van der Waals surface area contributed by atoms with Crippen LogP contribution in [0.15, 0.2) is 29.3 Å².